The Morgan fingerprint density at radius 3 is 2.33 bits per heavy atom. The summed E-state index contributed by atoms with van der Waals surface area (Å²) in [6.07, 6.45) is 5.60. The van der Waals surface area contributed by atoms with Crippen LogP contribution in [0.2, 0.25) is 0 Å². The van der Waals surface area contributed by atoms with Gasteiger partial charge in [0.05, 0.1) is 0 Å². The molecule has 0 N–H and O–H groups in total. The summed E-state index contributed by atoms with van der Waals surface area (Å²) < 4.78 is 0. The van der Waals surface area contributed by atoms with Crippen LogP contribution in [-0.4, -0.2) is 18.0 Å². The van der Waals surface area contributed by atoms with Crippen molar-refractivity contribution in [2.45, 2.75) is 39.2 Å². The van der Waals surface area contributed by atoms with Gasteiger partial charge >= 0.3 is 0 Å². The van der Waals surface area contributed by atoms with E-state index in [2.05, 4.69) is 36.1 Å². The highest BCUT2D eigenvalue weighted by atomic mass is 15.1. The molecule has 0 radical (unpaired) electrons. The second kappa shape index (κ2) is 5.32. The first-order chi connectivity index (χ1) is 7.36. The fourth-order valence-corrected chi connectivity index (χ4v) is 2.32. The Kier molecular flexibility index (Phi) is 3.79. The summed E-state index contributed by atoms with van der Waals surface area (Å²) in [7, 11) is 0. The molecule has 0 saturated carbocycles. The van der Waals surface area contributed by atoms with Crippen LogP contribution in [0.15, 0.2) is 24.3 Å². The molecule has 0 unspecified atom stereocenters. The van der Waals surface area contributed by atoms with E-state index in [0.717, 1.165) is 6.54 Å². The summed E-state index contributed by atoms with van der Waals surface area (Å²) in [5.74, 6) is 0. The molecule has 0 atom stereocenters. The van der Waals surface area contributed by atoms with Gasteiger partial charge in [-0.3, -0.25) is 4.90 Å². The summed E-state index contributed by atoms with van der Waals surface area (Å²) in [5.41, 5.74) is 2.93. The van der Waals surface area contributed by atoms with Crippen LogP contribution in [-0.2, 0) is 6.54 Å². The van der Waals surface area contributed by atoms with Crippen molar-refractivity contribution in [3.05, 3.63) is 35.4 Å². The third-order valence-electron chi connectivity index (χ3n) is 3.35. The van der Waals surface area contributed by atoms with Crippen molar-refractivity contribution in [1.29, 1.82) is 0 Å². The van der Waals surface area contributed by atoms with Crippen molar-refractivity contribution >= 4 is 0 Å². The Balaban J connectivity index is 1.98. The maximum absolute atomic E-state index is 2.61. The van der Waals surface area contributed by atoms with Crippen molar-refractivity contribution < 1.29 is 0 Å². The molecule has 1 aromatic rings. The third-order valence-corrected chi connectivity index (χ3v) is 3.35. The quantitative estimate of drug-likeness (QED) is 0.712. The van der Waals surface area contributed by atoms with E-state index in [0.29, 0.717) is 0 Å². The summed E-state index contributed by atoms with van der Waals surface area (Å²) in [4.78, 5) is 2.61. The number of likely N-dealkylation sites (tertiary alicyclic amines) is 1. The van der Waals surface area contributed by atoms with Gasteiger partial charge in [-0.05, 0) is 44.0 Å². The average Bonchev–Trinajstić information content (AvgIpc) is 2.50. The SMILES string of the molecule is Cc1ccccc1CN1CCCCCC1. The van der Waals surface area contributed by atoms with Gasteiger partial charge in [-0.2, -0.15) is 0 Å². The highest BCUT2D eigenvalue weighted by Gasteiger charge is 2.09. The molecule has 1 fully saturated rings. The van der Waals surface area contributed by atoms with Crippen LogP contribution in [0.25, 0.3) is 0 Å². The second-order valence-electron chi connectivity index (χ2n) is 4.62. The largest absolute Gasteiger partial charge is 0.299 e. The molecule has 0 aliphatic carbocycles. The van der Waals surface area contributed by atoms with E-state index in [-0.39, 0.29) is 0 Å². The van der Waals surface area contributed by atoms with Gasteiger partial charge in [-0.15, -0.1) is 0 Å². The van der Waals surface area contributed by atoms with Crippen molar-refractivity contribution in [3.8, 4) is 0 Å². The van der Waals surface area contributed by atoms with E-state index in [9.17, 15) is 0 Å². The first-order valence-corrected chi connectivity index (χ1v) is 6.13. The van der Waals surface area contributed by atoms with E-state index >= 15 is 0 Å². The normalized spacial score (nSPS) is 18.7. The van der Waals surface area contributed by atoms with Gasteiger partial charge in [0.1, 0.15) is 0 Å². The number of hydrogen-bond donors (Lipinski definition) is 0. The van der Waals surface area contributed by atoms with Crippen molar-refractivity contribution in [3.63, 3.8) is 0 Å². The zero-order valence-corrected chi connectivity index (χ0v) is 9.71. The Labute approximate surface area is 93.1 Å². The third kappa shape index (κ3) is 3.07. The molecule has 1 nitrogen and oxygen atoms in total. The minimum Gasteiger partial charge on any atom is -0.299 e. The molecular weight excluding hydrogens is 182 g/mol. The zero-order valence-electron chi connectivity index (χ0n) is 9.71. The fourth-order valence-electron chi connectivity index (χ4n) is 2.32. The van der Waals surface area contributed by atoms with E-state index in [1.165, 1.54) is 49.9 Å². The molecule has 0 aromatic heterocycles. The Bertz CT molecular complexity index is 298. The lowest BCUT2D eigenvalue weighted by atomic mass is 10.1. The summed E-state index contributed by atoms with van der Waals surface area (Å²) in [6.45, 7) is 5.93. The molecule has 1 aliphatic rings. The first-order valence-electron chi connectivity index (χ1n) is 6.13. The molecule has 1 heteroatoms. The molecule has 82 valence electrons. The van der Waals surface area contributed by atoms with E-state index in [1.807, 2.05) is 0 Å². The van der Waals surface area contributed by atoms with Gasteiger partial charge in [0, 0.05) is 6.54 Å². The lowest BCUT2D eigenvalue weighted by Crippen LogP contribution is -2.24. The van der Waals surface area contributed by atoms with Gasteiger partial charge < -0.3 is 0 Å². The Morgan fingerprint density at radius 1 is 1.00 bits per heavy atom. The highest BCUT2D eigenvalue weighted by molar-refractivity contribution is 5.25. The minimum absolute atomic E-state index is 1.15. The monoisotopic (exact) mass is 203 g/mol. The zero-order chi connectivity index (χ0) is 10.5. The van der Waals surface area contributed by atoms with Crippen LogP contribution >= 0.6 is 0 Å². The predicted octanol–water partition coefficient (Wildman–Crippen LogP) is 3.37. The summed E-state index contributed by atoms with van der Waals surface area (Å²) >= 11 is 0. The molecule has 0 amide bonds. The van der Waals surface area contributed by atoms with Gasteiger partial charge in [0.2, 0.25) is 0 Å². The van der Waals surface area contributed by atoms with Crippen molar-refractivity contribution in [2.24, 2.45) is 0 Å². The fraction of sp³-hybridized carbons (Fsp3) is 0.571. The van der Waals surface area contributed by atoms with E-state index in [4.69, 9.17) is 0 Å². The molecule has 0 spiro atoms. The maximum Gasteiger partial charge on any atom is 0.0236 e. The summed E-state index contributed by atoms with van der Waals surface area (Å²) in [5, 5.41) is 0. The molecule has 1 aliphatic heterocycles. The number of benzene rings is 1. The second-order valence-corrected chi connectivity index (χ2v) is 4.62. The van der Waals surface area contributed by atoms with Crippen molar-refractivity contribution in [2.75, 3.05) is 13.1 Å². The number of nitrogens with zero attached hydrogens (tertiary/aromatic N) is 1. The maximum atomic E-state index is 2.61. The Hall–Kier alpha value is -0.820. The van der Waals surface area contributed by atoms with E-state index < -0.39 is 0 Å². The van der Waals surface area contributed by atoms with Crippen LogP contribution in [0.3, 0.4) is 0 Å². The van der Waals surface area contributed by atoms with Gasteiger partial charge in [0.25, 0.3) is 0 Å². The Morgan fingerprint density at radius 2 is 1.67 bits per heavy atom. The topological polar surface area (TPSA) is 3.24 Å². The van der Waals surface area contributed by atoms with Crippen LogP contribution in [0.1, 0.15) is 36.8 Å². The highest BCUT2D eigenvalue weighted by Crippen LogP contribution is 2.15. The van der Waals surface area contributed by atoms with Crippen molar-refractivity contribution in [1.82, 2.24) is 4.90 Å². The number of aryl methyl sites for hydroxylation is 1. The lowest BCUT2D eigenvalue weighted by Gasteiger charge is -2.20. The van der Waals surface area contributed by atoms with E-state index in [1.54, 1.807) is 0 Å². The van der Waals surface area contributed by atoms with Gasteiger partial charge in [0.15, 0.2) is 0 Å². The number of rotatable bonds is 2. The average molecular weight is 203 g/mol. The predicted molar refractivity (Wildman–Crippen MR) is 64.9 cm³/mol. The van der Waals surface area contributed by atoms with Crippen LogP contribution in [0, 0.1) is 6.92 Å². The molecule has 1 heterocycles. The molecule has 1 aromatic carbocycles. The molecule has 2 rings (SSSR count). The lowest BCUT2D eigenvalue weighted by molar-refractivity contribution is 0.276. The van der Waals surface area contributed by atoms with Crippen LogP contribution < -0.4 is 0 Å². The molecule has 1 saturated heterocycles. The summed E-state index contributed by atoms with van der Waals surface area (Å²) in [6, 6.07) is 8.76. The minimum atomic E-state index is 1.15. The molecule has 0 bridgehead atoms. The smallest absolute Gasteiger partial charge is 0.0236 e. The molecular formula is C14H21N. The molecule has 15 heavy (non-hydrogen) atoms. The van der Waals surface area contributed by atoms with Gasteiger partial charge in [-0.25, -0.2) is 0 Å². The van der Waals surface area contributed by atoms with Crippen LogP contribution in [0.5, 0.6) is 0 Å². The van der Waals surface area contributed by atoms with Gasteiger partial charge in [-0.1, -0.05) is 37.1 Å². The number of hydrogen-bond acceptors (Lipinski definition) is 1. The standard InChI is InChI=1S/C14H21N/c1-13-8-4-5-9-14(13)12-15-10-6-2-3-7-11-15/h4-5,8-9H,2-3,6-7,10-12H2,1H3. The first kappa shape index (κ1) is 10.7. The van der Waals surface area contributed by atoms with Crippen LogP contribution in [0.4, 0.5) is 0 Å².